The number of nitrogen functional groups attached to an aromatic ring is 1. The second-order valence-corrected chi connectivity index (χ2v) is 6.20. The maximum absolute atomic E-state index is 12.1. The van der Waals surface area contributed by atoms with Crippen molar-refractivity contribution >= 4 is 15.8 Å². The molecule has 0 bridgehead atoms. The van der Waals surface area contributed by atoms with Gasteiger partial charge in [0.2, 0.25) is 10.0 Å². The largest absolute Gasteiger partial charge is 0.384 e. The van der Waals surface area contributed by atoms with Crippen LogP contribution in [0.5, 0.6) is 0 Å². The molecule has 3 N–H and O–H groups in total. The van der Waals surface area contributed by atoms with Crippen LogP contribution in [0.3, 0.4) is 0 Å². The molecule has 0 amide bonds. The Balaban J connectivity index is 2.07. The molecule has 1 saturated heterocycles. The van der Waals surface area contributed by atoms with Gasteiger partial charge in [-0.05, 0) is 12.1 Å². The van der Waals surface area contributed by atoms with Gasteiger partial charge >= 0.3 is 0 Å². The minimum atomic E-state index is -3.62. The molecule has 1 aromatic rings. The fraction of sp³-hybridized carbons (Fsp3) is 0.545. The number of methoxy groups -OCH3 is 1. The molecular weight excluding hydrogens is 270 g/mol. The Bertz CT molecular complexity index is 523. The van der Waals surface area contributed by atoms with E-state index < -0.39 is 15.6 Å². The lowest BCUT2D eigenvalue weighted by Crippen LogP contribution is -2.44. The number of hydrogen-bond acceptors (Lipinski definition) is 6. The van der Waals surface area contributed by atoms with Crippen molar-refractivity contribution < 1.29 is 17.9 Å². The van der Waals surface area contributed by atoms with Crippen LogP contribution in [0, 0.1) is 0 Å². The van der Waals surface area contributed by atoms with Gasteiger partial charge in [0.1, 0.15) is 16.3 Å². The molecule has 1 atom stereocenters. The van der Waals surface area contributed by atoms with Crippen molar-refractivity contribution in [3.63, 3.8) is 0 Å². The van der Waals surface area contributed by atoms with Gasteiger partial charge in [0, 0.05) is 32.9 Å². The van der Waals surface area contributed by atoms with Crippen LogP contribution >= 0.6 is 0 Å². The minimum absolute atomic E-state index is 0.0758. The average molecular weight is 287 g/mol. The van der Waals surface area contributed by atoms with Crippen LogP contribution in [0.1, 0.15) is 6.42 Å². The molecule has 1 unspecified atom stereocenters. The summed E-state index contributed by atoms with van der Waals surface area (Å²) < 4.78 is 37.3. The van der Waals surface area contributed by atoms with E-state index in [1.807, 2.05) is 0 Å². The van der Waals surface area contributed by atoms with Crippen molar-refractivity contribution in [1.29, 1.82) is 0 Å². The summed E-state index contributed by atoms with van der Waals surface area (Å²) in [4.78, 5) is 3.84. The number of nitrogens with zero attached hydrogens (tertiary/aromatic N) is 1. The second-order valence-electron chi connectivity index (χ2n) is 4.43. The molecule has 1 fully saturated rings. The van der Waals surface area contributed by atoms with Crippen molar-refractivity contribution in [2.45, 2.75) is 16.9 Å². The highest BCUT2D eigenvalue weighted by Gasteiger charge is 2.36. The first kappa shape index (κ1) is 14.2. The van der Waals surface area contributed by atoms with E-state index in [9.17, 15) is 8.42 Å². The van der Waals surface area contributed by atoms with Crippen molar-refractivity contribution in [1.82, 2.24) is 9.71 Å². The van der Waals surface area contributed by atoms with E-state index in [-0.39, 0.29) is 17.3 Å². The van der Waals surface area contributed by atoms with E-state index in [0.29, 0.717) is 19.6 Å². The second kappa shape index (κ2) is 5.41. The van der Waals surface area contributed by atoms with Crippen molar-refractivity contribution in [3.05, 3.63) is 18.3 Å². The number of aromatic nitrogens is 1. The van der Waals surface area contributed by atoms with Crippen molar-refractivity contribution in [3.8, 4) is 0 Å². The molecule has 2 rings (SSSR count). The average Bonchev–Trinajstić information content (AvgIpc) is 2.87. The Kier molecular flexibility index (Phi) is 4.04. The monoisotopic (exact) mass is 287 g/mol. The predicted molar refractivity (Wildman–Crippen MR) is 69.0 cm³/mol. The number of nitrogens with one attached hydrogen (secondary N) is 1. The van der Waals surface area contributed by atoms with E-state index in [2.05, 4.69) is 9.71 Å². The molecule has 19 heavy (non-hydrogen) atoms. The maximum atomic E-state index is 12.1. The van der Waals surface area contributed by atoms with Gasteiger partial charge in [0.25, 0.3) is 0 Å². The van der Waals surface area contributed by atoms with Gasteiger partial charge < -0.3 is 15.2 Å². The Morgan fingerprint density at radius 3 is 2.89 bits per heavy atom. The molecule has 106 valence electrons. The first-order valence-corrected chi connectivity index (χ1v) is 7.30. The molecule has 2 heterocycles. The highest BCUT2D eigenvalue weighted by Crippen LogP contribution is 2.22. The lowest BCUT2D eigenvalue weighted by atomic mass is 10.0. The smallest absolute Gasteiger partial charge is 0.242 e. The van der Waals surface area contributed by atoms with Gasteiger partial charge in [-0.3, -0.25) is 0 Å². The SMILES string of the molecule is COC1(CNS(=O)(=O)c2ccc(N)nc2)CCOC1. The number of rotatable bonds is 5. The maximum Gasteiger partial charge on any atom is 0.242 e. The van der Waals surface area contributed by atoms with Crippen LogP contribution in [-0.2, 0) is 19.5 Å². The molecule has 0 aliphatic carbocycles. The minimum Gasteiger partial charge on any atom is -0.384 e. The van der Waals surface area contributed by atoms with Crippen molar-refractivity contribution in [2.24, 2.45) is 0 Å². The first-order valence-electron chi connectivity index (χ1n) is 5.82. The summed E-state index contributed by atoms with van der Waals surface area (Å²) in [5, 5.41) is 0. The molecule has 0 spiro atoms. The topological polar surface area (TPSA) is 104 Å². The summed E-state index contributed by atoms with van der Waals surface area (Å²) in [6.45, 7) is 1.11. The Hall–Kier alpha value is -1.22. The van der Waals surface area contributed by atoms with Gasteiger partial charge in [-0.15, -0.1) is 0 Å². The van der Waals surface area contributed by atoms with E-state index >= 15 is 0 Å². The van der Waals surface area contributed by atoms with Crippen molar-refractivity contribution in [2.75, 3.05) is 32.6 Å². The summed E-state index contributed by atoms with van der Waals surface area (Å²) in [7, 11) is -2.07. The van der Waals surface area contributed by atoms with E-state index in [1.54, 1.807) is 7.11 Å². The standard InChI is InChI=1S/C11H17N3O4S/c1-17-11(4-5-18-8-11)7-14-19(15,16)9-2-3-10(12)13-6-9/h2-3,6,14H,4-5,7-8H2,1H3,(H2,12,13). The quantitative estimate of drug-likeness (QED) is 0.774. The molecule has 0 aromatic carbocycles. The number of anilines is 1. The lowest BCUT2D eigenvalue weighted by Gasteiger charge is -2.25. The zero-order valence-corrected chi connectivity index (χ0v) is 11.4. The van der Waals surface area contributed by atoms with Gasteiger partial charge in [-0.2, -0.15) is 0 Å². The van der Waals surface area contributed by atoms with Crippen LogP contribution in [0.4, 0.5) is 5.82 Å². The summed E-state index contributed by atoms with van der Waals surface area (Å²) >= 11 is 0. The highest BCUT2D eigenvalue weighted by molar-refractivity contribution is 7.89. The van der Waals surface area contributed by atoms with E-state index in [1.165, 1.54) is 18.3 Å². The molecule has 1 aromatic heterocycles. The van der Waals surface area contributed by atoms with Crippen LogP contribution in [0.2, 0.25) is 0 Å². The molecule has 7 nitrogen and oxygen atoms in total. The van der Waals surface area contributed by atoms with Gasteiger partial charge in [0.05, 0.1) is 6.61 Å². The molecule has 1 aliphatic heterocycles. The molecule has 0 saturated carbocycles. The Morgan fingerprint density at radius 2 is 2.37 bits per heavy atom. The summed E-state index contributed by atoms with van der Waals surface area (Å²) in [5.41, 5.74) is 4.83. The fourth-order valence-electron chi connectivity index (χ4n) is 1.82. The lowest BCUT2D eigenvalue weighted by molar-refractivity contribution is -0.0120. The van der Waals surface area contributed by atoms with Gasteiger partial charge in [-0.25, -0.2) is 18.1 Å². The number of pyridine rings is 1. The molecule has 1 aliphatic rings. The van der Waals surface area contributed by atoms with E-state index in [0.717, 1.165) is 0 Å². The normalized spacial score (nSPS) is 23.6. The van der Waals surface area contributed by atoms with Gasteiger partial charge in [-0.1, -0.05) is 0 Å². The summed E-state index contributed by atoms with van der Waals surface area (Å²) in [6.07, 6.45) is 1.88. The first-order chi connectivity index (χ1) is 8.97. The third-order valence-corrected chi connectivity index (χ3v) is 4.54. The third kappa shape index (κ3) is 3.21. The number of ether oxygens (including phenoxy) is 2. The molecular formula is C11H17N3O4S. The third-order valence-electron chi connectivity index (χ3n) is 3.15. The van der Waals surface area contributed by atoms with Crippen LogP contribution in [0.15, 0.2) is 23.2 Å². The summed E-state index contributed by atoms with van der Waals surface area (Å²) in [6, 6.07) is 2.86. The highest BCUT2D eigenvalue weighted by atomic mass is 32.2. The van der Waals surface area contributed by atoms with Crippen LogP contribution < -0.4 is 10.5 Å². The number of sulfonamides is 1. The summed E-state index contributed by atoms with van der Waals surface area (Å²) in [5.74, 6) is 0.275. The van der Waals surface area contributed by atoms with Gasteiger partial charge in [0.15, 0.2) is 0 Å². The fourth-order valence-corrected chi connectivity index (χ4v) is 2.88. The molecule has 0 radical (unpaired) electrons. The Morgan fingerprint density at radius 1 is 1.58 bits per heavy atom. The zero-order chi connectivity index (χ0) is 13.9. The number of hydrogen-bond donors (Lipinski definition) is 2. The van der Waals surface area contributed by atoms with Crippen LogP contribution in [-0.4, -0.2) is 45.9 Å². The number of nitrogens with two attached hydrogens (primary N) is 1. The van der Waals surface area contributed by atoms with E-state index in [4.69, 9.17) is 15.2 Å². The molecule has 8 heteroatoms. The zero-order valence-electron chi connectivity index (χ0n) is 10.6. The Labute approximate surface area is 112 Å². The van der Waals surface area contributed by atoms with Crippen LogP contribution in [0.25, 0.3) is 0 Å². The predicted octanol–water partition coefficient (Wildman–Crippen LogP) is -0.252.